The summed E-state index contributed by atoms with van der Waals surface area (Å²) in [6, 6.07) is 14.5. The monoisotopic (exact) mass is 340 g/mol. The van der Waals surface area contributed by atoms with Crippen LogP contribution in [0.3, 0.4) is 0 Å². The van der Waals surface area contributed by atoms with Crippen molar-refractivity contribution in [3.05, 3.63) is 59.7 Å². The number of rotatable bonds is 5. The number of carbonyl (C=O) groups is 2. The van der Waals surface area contributed by atoms with Crippen LogP contribution in [0.5, 0.6) is 5.75 Å². The van der Waals surface area contributed by atoms with Crippen molar-refractivity contribution in [1.82, 2.24) is 5.32 Å². The van der Waals surface area contributed by atoms with Crippen molar-refractivity contribution in [3.63, 3.8) is 0 Å². The fraction of sp³-hybridized carbons (Fsp3) is 0.300. The summed E-state index contributed by atoms with van der Waals surface area (Å²) >= 11 is 0. The van der Waals surface area contributed by atoms with E-state index < -0.39 is 0 Å². The van der Waals surface area contributed by atoms with Gasteiger partial charge in [-0.1, -0.05) is 45.0 Å². The second kappa shape index (κ2) is 7.83. The number of anilines is 1. The molecule has 0 fully saturated rings. The molecule has 0 saturated heterocycles. The third-order valence-corrected chi connectivity index (χ3v) is 3.69. The smallest absolute Gasteiger partial charge is 0.262 e. The van der Waals surface area contributed by atoms with E-state index >= 15 is 0 Å². The molecule has 2 N–H and O–H groups in total. The van der Waals surface area contributed by atoms with E-state index in [1.807, 2.05) is 24.3 Å². The van der Waals surface area contributed by atoms with E-state index in [1.165, 1.54) is 0 Å². The van der Waals surface area contributed by atoms with Gasteiger partial charge in [0.15, 0.2) is 6.61 Å². The van der Waals surface area contributed by atoms with Gasteiger partial charge in [-0.15, -0.1) is 0 Å². The van der Waals surface area contributed by atoms with Crippen LogP contribution in [-0.2, 0) is 10.2 Å². The quantitative estimate of drug-likeness (QED) is 0.877. The summed E-state index contributed by atoms with van der Waals surface area (Å²) in [6.07, 6.45) is 0. The Balaban J connectivity index is 2.02. The van der Waals surface area contributed by atoms with Gasteiger partial charge >= 0.3 is 0 Å². The first-order valence-electron chi connectivity index (χ1n) is 8.15. The Morgan fingerprint density at radius 2 is 1.76 bits per heavy atom. The molecule has 0 aliphatic heterocycles. The molecular weight excluding hydrogens is 316 g/mol. The first kappa shape index (κ1) is 18.5. The second-order valence-electron chi connectivity index (χ2n) is 6.74. The molecular formula is C20H24N2O3. The lowest BCUT2D eigenvalue weighted by Gasteiger charge is -2.22. The molecule has 2 aromatic carbocycles. The number of nitrogens with one attached hydrogen (secondary N) is 2. The molecule has 5 heteroatoms. The zero-order valence-corrected chi connectivity index (χ0v) is 15.1. The van der Waals surface area contributed by atoms with Crippen LogP contribution in [-0.4, -0.2) is 25.5 Å². The Kier molecular flexibility index (Phi) is 5.80. The number of benzene rings is 2. The lowest BCUT2D eigenvalue weighted by atomic mass is 9.86. The Morgan fingerprint density at radius 3 is 2.44 bits per heavy atom. The van der Waals surface area contributed by atoms with E-state index in [0.717, 1.165) is 5.56 Å². The van der Waals surface area contributed by atoms with Crippen LogP contribution in [0.25, 0.3) is 0 Å². The lowest BCUT2D eigenvalue weighted by Crippen LogP contribution is -2.22. The maximum Gasteiger partial charge on any atom is 0.262 e. The fourth-order valence-corrected chi connectivity index (χ4v) is 2.44. The molecule has 0 radical (unpaired) electrons. The van der Waals surface area contributed by atoms with Crippen molar-refractivity contribution in [1.29, 1.82) is 0 Å². The molecule has 25 heavy (non-hydrogen) atoms. The third-order valence-electron chi connectivity index (χ3n) is 3.69. The van der Waals surface area contributed by atoms with E-state index in [9.17, 15) is 9.59 Å². The molecule has 2 rings (SSSR count). The molecule has 0 spiro atoms. The van der Waals surface area contributed by atoms with Crippen LogP contribution in [0, 0.1) is 0 Å². The second-order valence-corrected chi connectivity index (χ2v) is 6.74. The van der Waals surface area contributed by atoms with E-state index in [1.54, 1.807) is 31.3 Å². The predicted octanol–water partition coefficient (Wildman–Crippen LogP) is 3.36. The highest BCUT2D eigenvalue weighted by Crippen LogP contribution is 2.30. The number of para-hydroxylation sites is 1. The van der Waals surface area contributed by atoms with Gasteiger partial charge in [0, 0.05) is 18.3 Å². The van der Waals surface area contributed by atoms with Crippen LogP contribution in [0.1, 0.15) is 36.7 Å². The van der Waals surface area contributed by atoms with Crippen molar-refractivity contribution in [2.24, 2.45) is 0 Å². The molecule has 0 unspecified atom stereocenters. The van der Waals surface area contributed by atoms with Gasteiger partial charge in [0.05, 0.1) is 0 Å². The van der Waals surface area contributed by atoms with Gasteiger partial charge in [0.1, 0.15) is 5.75 Å². The highest BCUT2D eigenvalue weighted by atomic mass is 16.5. The van der Waals surface area contributed by atoms with Crippen molar-refractivity contribution < 1.29 is 14.3 Å². The van der Waals surface area contributed by atoms with E-state index in [4.69, 9.17) is 4.74 Å². The van der Waals surface area contributed by atoms with Crippen LogP contribution in [0.4, 0.5) is 5.69 Å². The number of hydrogen-bond acceptors (Lipinski definition) is 3. The first-order valence-corrected chi connectivity index (χ1v) is 8.15. The van der Waals surface area contributed by atoms with Crippen LogP contribution >= 0.6 is 0 Å². The van der Waals surface area contributed by atoms with Crippen molar-refractivity contribution >= 4 is 17.5 Å². The molecule has 2 aromatic rings. The van der Waals surface area contributed by atoms with Gasteiger partial charge in [0.25, 0.3) is 11.8 Å². The molecule has 2 amide bonds. The summed E-state index contributed by atoms with van der Waals surface area (Å²) in [6.45, 7) is 6.19. The zero-order valence-electron chi connectivity index (χ0n) is 15.1. The summed E-state index contributed by atoms with van der Waals surface area (Å²) in [7, 11) is 1.56. The molecule has 0 atom stereocenters. The van der Waals surface area contributed by atoms with Crippen molar-refractivity contribution in [2.75, 3.05) is 19.0 Å². The molecule has 0 bridgehead atoms. The van der Waals surface area contributed by atoms with Gasteiger partial charge in [-0.2, -0.15) is 0 Å². The lowest BCUT2D eigenvalue weighted by molar-refractivity contribution is -0.118. The maximum atomic E-state index is 12.2. The van der Waals surface area contributed by atoms with Gasteiger partial charge in [0.2, 0.25) is 0 Å². The van der Waals surface area contributed by atoms with E-state index in [0.29, 0.717) is 17.0 Å². The first-order chi connectivity index (χ1) is 11.8. The van der Waals surface area contributed by atoms with Gasteiger partial charge in [-0.05, 0) is 35.2 Å². The minimum atomic E-state index is -0.280. The minimum Gasteiger partial charge on any atom is -0.483 e. The van der Waals surface area contributed by atoms with E-state index in [-0.39, 0.29) is 23.8 Å². The van der Waals surface area contributed by atoms with Gasteiger partial charge in [-0.3, -0.25) is 9.59 Å². The predicted molar refractivity (Wildman–Crippen MR) is 99.1 cm³/mol. The van der Waals surface area contributed by atoms with Crippen molar-refractivity contribution in [3.8, 4) is 5.75 Å². The summed E-state index contributed by atoms with van der Waals surface area (Å²) in [5, 5.41) is 5.30. The van der Waals surface area contributed by atoms with Crippen LogP contribution < -0.4 is 15.4 Å². The molecule has 0 aromatic heterocycles. The molecule has 0 saturated carbocycles. The summed E-state index contributed by atoms with van der Waals surface area (Å²) in [5.41, 5.74) is 2.01. The number of hydrogen-bond donors (Lipinski definition) is 2. The molecule has 132 valence electrons. The fourth-order valence-electron chi connectivity index (χ4n) is 2.44. The zero-order chi connectivity index (χ0) is 18.4. The Hall–Kier alpha value is -2.82. The molecule has 0 heterocycles. The highest BCUT2D eigenvalue weighted by Gasteiger charge is 2.19. The Labute approximate surface area is 148 Å². The summed E-state index contributed by atoms with van der Waals surface area (Å²) in [4.78, 5) is 23.8. The van der Waals surface area contributed by atoms with Crippen LogP contribution in [0.2, 0.25) is 0 Å². The Bertz CT molecular complexity index is 764. The standard InChI is InChI=1S/C20H24N2O3/c1-20(2,3)16-10-5-6-11-17(16)25-13-18(23)22-15-9-7-8-14(12-15)19(24)21-4/h5-12H,13H2,1-4H3,(H,21,24)(H,22,23). The Morgan fingerprint density at radius 1 is 1.04 bits per heavy atom. The highest BCUT2D eigenvalue weighted by molar-refractivity contribution is 5.97. The average Bonchev–Trinajstić information content (AvgIpc) is 2.59. The third kappa shape index (κ3) is 5.08. The minimum absolute atomic E-state index is 0.0745. The van der Waals surface area contributed by atoms with E-state index in [2.05, 4.69) is 31.4 Å². The summed E-state index contributed by atoms with van der Waals surface area (Å²) in [5.74, 6) is 0.216. The average molecular weight is 340 g/mol. The summed E-state index contributed by atoms with van der Waals surface area (Å²) < 4.78 is 5.71. The van der Waals surface area contributed by atoms with Gasteiger partial charge in [-0.25, -0.2) is 0 Å². The number of amides is 2. The van der Waals surface area contributed by atoms with Gasteiger partial charge < -0.3 is 15.4 Å². The van der Waals surface area contributed by atoms with Crippen molar-refractivity contribution in [2.45, 2.75) is 26.2 Å². The normalized spacial score (nSPS) is 10.9. The molecule has 0 aliphatic carbocycles. The largest absolute Gasteiger partial charge is 0.483 e. The number of carbonyl (C=O) groups excluding carboxylic acids is 2. The molecule has 0 aliphatic rings. The number of ether oxygens (including phenoxy) is 1. The topological polar surface area (TPSA) is 67.4 Å². The molecule has 5 nitrogen and oxygen atoms in total. The maximum absolute atomic E-state index is 12.2. The van der Waals surface area contributed by atoms with Crippen LogP contribution in [0.15, 0.2) is 48.5 Å². The SMILES string of the molecule is CNC(=O)c1cccc(NC(=O)COc2ccccc2C(C)(C)C)c1.